The predicted molar refractivity (Wildman–Crippen MR) is 84.4 cm³/mol. The molecule has 104 valence electrons. The lowest BCUT2D eigenvalue weighted by Gasteiger charge is -2.22. The molecule has 6 heteroatoms. The van der Waals surface area contributed by atoms with Crippen LogP contribution in [0.25, 0.3) is 0 Å². The number of nitrogens with zero attached hydrogens (tertiary/aromatic N) is 2. The Hall–Kier alpha value is -0.820. The third-order valence-electron chi connectivity index (χ3n) is 2.66. The zero-order valence-corrected chi connectivity index (χ0v) is 14.0. The molecule has 0 spiro atoms. The second kappa shape index (κ2) is 7.09. The van der Waals surface area contributed by atoms with Gasteiger partial charge in [-0.25, -0.2) is 0 Å². The molecule has 4 nitrogen and oxygen atoms in total. The second-order valence-electron chi connectivity index (χ2n) is 4.24. The summed E-state index contributed by atoms with van der Waals surface area (Å²) < 4.78 is 0.892. The van der Waals surface area contributed by atoms with Crippen LogP contribution in [0.15, 0.2) is 18.2 Å². The normalized spacial score (nSPS) is 10.2. The Balaban J connectivity index is 2.89. The summed E-state index contributed by atoms with van der Waals surface area (Å²) in [4.78, 5) is 26.9. The minimum absolute atomic E-state index is 0.0753. The van der Waals surface area contributed by atoms with Gasteiger partial charge in [0.15, 0.2) is 0 Å². The van der Waals surface area contributed by atoms with Gasteiger partial charge in [0.25, 0.3) is 5.91 Å². The van der Waals surface area contributed by atoms with E-state index in [1.54, 1.807) is 32.3 Å². The number of halogens is 2. The van der Waals surface area contributed by atoms with Gasteiger partial charge in [0.2, 0.25) is 5.91 Å². The third kappa shape index (κ3) is 4.35. The van der Waals surface area contributed by atoms with Gasteiger partial charge in [-0.2, -0.15) is 0 Å². The van der Waals surface area contributed by atoms with Gasteiger partial charge in [0.05, 0.1) is 11.6 Å². The Morgan fingerprint density at radius 2 is 1.95 bits per heavy atom. The van der Waals surface area contributed by atoms with Crippen LogP contribution in [-0.4, -0.2) is 48.8 Å². The van der Waals surface area contributed by atoms with Gasteiger partial charge < -0.3 is 9.80 Å². The van der Waals surface area contributed by atoms with Crippen molar-refractivity contribution in [3.8, 4) is 0 Å². The molecular weight excluding hydrogens is 379 g/mol. The van der Waals surface area contributed by atoms with Gasteiger partial charge in [-0.15, -0.1) is 0 Å². The van der Waals surface area contributed by atoms with E-state index in [-0.39, 0.29) is 18.4 Å². The summed E-state index contributed by atoms with van der Waals surface area (Å²) in [7, 11) is 3.34. The van der Waals surface area contributed by atoms with E-state index in [1.165, 1.54) is 9.80 Å². The molecule has 0 aromatic heterocycles. The summed E-state index contributed by atoms with van der Waals surface area (Å²) in [6.45, 7) is 2.39. The van der Waals surface area contributed by atoms with E-state index in [0.717, 1.165) is 3.57 Å². The van der Waals surface area contributed by atoms with Crippen LogP contribution in [0.3, 0.4) is 0 Å². The van der Waals surface area contributed by atoms with Crippen molar-refractivity contribution < 1.29 is 9.59 Å². The highest BCUT2D eigenvalue weighted by molar-refractivity contribution is 14.1. The van der Waals surface area contributed by atoms with Crippen molar-refractivity contribution >= 4 is 46.0 Å². The van der Waals surface area contributed by atoms with Crippen LogP contribution < -0.4 is 0 Å². The highest BCUT2D eigenvalue weighted by Gasteiger charge is 2.18. The Bertz CT molecular complexity index is 492. The van der Waals surface area contributed by atoms with Crippen LogP contribution in [0, 0.1) is 3.57 Å². The zero-order valence-electron chi connectivity index (χ0n) is 11.1. The molecule has 0 saturated heterocycles. The first-order chi connectivity index (χ1) is 8.86. The van der Waals surface area contributed by atoms with E-state index in [1.807, 2.05) is 6.92 Å². The van der Waals surface area contributed by atoms with Crippen LogP contribution in [-0.2, 0) is 4.79 Å². The van der Waals surface area contributed by atoms with Crippen LogP contribution in [0.2, 0.25) is 5.02 Å². The van der Waals surface area contributed by atoms with Crippen LogP contribution in [0.5, 0.6) is 0 Å². The number of amides is 2. The quantitative estimate of drug-likeness (QED) is 0.736. The lowest BCUT2D eigenvalue weighted by molar-refractivity contribution is -0.129. The summed E-state index contributed by atoms with van der Waals surface area (Å²) in [5.74, 6) is -0.289. The maximum absolute atomic E-state index is 12.3. The molecule has 0 heterocycles. The van der Waals surface area contributed by atoms with Gasteiger partial charge in [-0.3, -0.25) is 9.59 Å². The van der Waals surface area contributed by atoms with Gasteiger partial charge >= 0.3 is 0 Å². The number of hydrogen-bond acceptors (Lipinski definition) is 2. The lowest BCUT2D eigenvalue weighted by Crippen LogP contribution is -2.40. The van der Waals surface area contributed by atoms with Gasteiger partial charge in [-0.1, -0.05) is 11.6 Å². The summed E-state index contributed by atoms with van der Waals surface area (Å²) in [5, 5.41) is 0.543. The molecular formula is C13H16ClIN2O2. The molecule has 1 aromatic carbocycles. The molecule has 1 aromatic rings. The summed E-state index contributed by atoms with van der Waals surface area (Å²) in [5.41, 5.74) is 0.499. The molecule has 19 heavy (non-hydrogen) atoms. The van der Waals surface area contributed by atoms with E-state index in [4.69, 9.17) is 11.6 Å². The van der Waals surface area contributed by atoms with Crippen molar-refractivity contribution in [1.82, 2.24) is 9.80 Å². The monoisotopic (exact) mass is 394 g/mol. The van der Waals surface area contributed by atoms with Crippen molar-refractivity contribution in [2.75, 3.05) is 27.2 Å². The smallest absolute Gasteiger partial charge is 0.254 e. The van der Waals surface area contributed by atoms with Gasteiger partial charge in [-0.05, 0) is 47.7 Å². The first kappa shape index (κ1) is 16.2. The molecule has 0 unspecified atom stereocenters. The van der Waals surface area contributed by atoms with Crippen LogP contribution in [0.4, 0.5) is 0 Å². The Labute approximate surface area is 131 Å². The zero-order chi connectivity index (χ0) is 14.6. The minimum atomic E-state index is -0.184. The molecule has 1 rings (SSSR count). The van der Waals surface area contributed by atoms with E-state index >= 15 is 0 Å². The van der Waals surface area contributed by atoms with E-state index < -0.39 is 0 Å². The fraction of sp³-hybridized carbons (Fsp3) is 0.385. The molecule has 0 fully saturated rings. The lowest BCUT2D eigenvalue weighted by atomic mass is 10.2. The number of hydrogen-bond donors (Lipinski definition) is 0. The van der Waals surface area contributed by atoms with Crippen molar-refractivity contribution in [1.29, 1.82) is 0 Å². The highest BCUT2D eigenvalue weighted by atomic mass is 127. The Kier molecular flexibility index (Phi) is 6.06. The maximum atomic E-state index is 12.3. The number of benzene rings is 1. The maximum Gasteiger partial charge on any atom is 0.254 e. The molecule has 0 aliphatic rings. The standard InChI is InChI=1S/C13H16ClIN2O2/c1-4-17(8-12(18)16(2)3)13(19)9-5-6-11(15)10(14)7-9/h5-7H,4,8H2,1-3H3. The van der Waals surface area contributed by atoms with Gasteiger partial charge in [0, 0.05) is 29.8 Å². The summed E-state index contributed by atoms with van der Waals surface area (Å²) >= 11 is 8.11. The average Bonchev–Trinajstić information content (AvgIpc) is 2.37. The van der Waals surface area contributed by atoms with Crippen LogP contribution in [0.1, 0.15) is 17.3 Å². The van der Waals surface area contributed by atoms with Crippen molar-refractivity contribution in [2.24, 2.45) is 0 Å². The fourth-order valence-corrected chi connectivity index (χ4v) is 1.96. The van der Waals surface area contributed by atoms with Crippen molar-refractivity contribution in [3.63, 3.8) is 0 Å². The topological polar surface area (TPSA) is 40.6 Å². The first-order valence-electron chi connectivity index (χ1n) is 5.81. The minimum Gasteiger partial charge on any atom is -0.347 e. The number of rotatable bonds is 4. The van der Waals surface area contributed by atoms with E-state index in [2.05, 4.69) is 22.6 Å². The van der Waals surface area contributed by atoms with Crippen molar-refractivity contribution in [3.05, 3.63) is 32.4 Å². The highest BCUT2D eigenvalue weighted by Crippen LogP contribution is 2.20. The second-order valence-corrected chi connectivity index (χ2v) is 5.81. The molecule has 0 aliphatic heterocycles. The predicted octanol–water partition coefficient (Wildman–Crippen LogP) is 2.49. The molecule has 2 amide bonds. The molecule has 0 saturated carbocycles. The largest absolute Gasteiger partial charge is 0.347 e. The molecule has 0 bridgehead atoms. The average molecular weight is 395 g/mol. The molecule has 0 N–H and O–H groups in total. The summed E-state index contributed by atoms with van der Waals surface area (Å²) in [6.07, 6.45) is 0. The van der Waals surface area contributed by atoms with E-state index in [0.29, 0.717) is 17.1 Å². The Morgan fingerprint density at radius 1 is 1.32 bits per heavy atom. The molecule has 0 aliphatic carbocycles. The molecule has 0 atom stereocenters. The SMILES string of the molecule is CCN(CC(=O)N(C)C)C(=O)c1ccc(I)c(Cl)c1. The number of likely N-dealkylation sites (N-methyl/N-ethyl adjacent to an activating group) is 2. The Morgan fingerprint density at radius 3 is 2.42 bits per heavy atom. The fourth-order valence-electron chi connectivity index (χ4n) is 1.44. The molecule has 0 radical (unpaired) electrons. The van der Waals surface area contributed by atoms with Crippen LogP contribution >= 0.6 is 34.2 Å². The number of carbonyl (C=O) groups excluding carboxylic acids is 2. The van der Waals surface area contributed by atoms with Gasteiger partial charge in [0.1, 0.15) is 0 Å². The third-order valence-corrected chi connectivity index (χ3v) is 4.23. The number of carbonyl (C=O) groups is 2. The summed E-state index contributed by atoms with van der Waals surface area (Å²) in [6, 6.07) is 5.14. The van der Waals surface area contributed by atoms with Crippen molar-refractivity contribution in [2.45, 2.75) is 6.92 Å². The first-order valence-corrected chi connectivity index (χ1v) is 7.27. The van der Waals surface area contributed by atoms with E-state index in [9.17, 15) is 9.59 Å².